The lowest BCUT2D eigenvalue weighted by Crippen LogP contribution is -2.25. The topological polar surface area (TPSA) is 82.9 Å². The molecule has 0 aromatic carbocycles. The van der Waals surface area contributed by atoms with Crippen LogP contribution in [-0.2, 0) is 7.05 Å². The molecule has 9 heteroatoms. The standard InChI is InChI=1S/C20H16FN7O/c1-12(27-7-5-16-14(20(27)29)4-3-6-22-16)18-24-25-19-15(21)8-13(9-28(18)19)17-10-26(2)11-23-17/h3-12H,1-2H3/t12-/m0/s1. The lowest BCUT2D eigenvalue weighted by atomic mass is 10.2. The van der Waals surface area contributed by atoms with E-state index < -0.39 is 11.9 Å². The first kappa shape index (κ1) is 17.2. The van der Waals surface area contributed by atoms with E-state index in [4.69, 9.17) is 0 Å². The average molecular weight is 389 g/mol. The summed E-state index contributed by atoms with van der Waals surface area (Å²) in [4.78, 5) is 21.4. The fourth-order valence-corrected chi connectivity index (χ4v) is 3.48. The largest absolute Gasteiger partial charge is 0.340 e. The van der Waals surface area contributed by atoms with Crippen LogP contribution in [-0.4, -0.2) is 33.7 Å². The minimum atomic E-state index is -0.505. The van der Waals surface area contributed by atoms with Gasteiger partial charge >= 0.3 is 0 Å². The van der Waals surface area contributed by atoms with Gasteiger partial charge in [0.2, 0.25) is 0 Å². The van der Waals surface area contributed by atoms with Crippen LogP contribution in [0.1, 0.15) is 18.8 Å². The lowest BCUT2D eigenvalue weighted by Gasteiger charge is -2.14. The zero-order valence-corrected chi connectivity index (χ0v) is 15.7. The van der Waals surface area contributed by atoms with Crippen molar-refractivity contribution in [2.75, 3.05) is 0 Å². The Balaban J connectivity index is 1.68. The van der Waals surface area contributed by atoms with Gasteiger partial charge in [-0.3, -0.25) is 14.2 Å². The minimum absolute atomic E-state index is 0.0991. The molecule has 29 heavy (non-hydrogen) atoms. The molecule has 0 saturated carbocycles. The molecule has 0 aliphatic rings. The van der Waals surface area contributed by atoms with Gasteiger partial charge in [-0.1, -0.05) is 0 Å². The zero-order chi connectivity index (χ0) is 20.1. The number of aromatic nitrogens is 7. The minimum Gasteiger partial charge on any atom is -0.340 e. The summed E-state index contributed by atoms with van der Waals surface area (Å²) < 4.78 is 19.6. The highest BCUT2D eigenvalue weighted by molar-refractivity contribution is 5.76. The number of aryl methyl sites for hydroxylation is 1. The van der Waals surface area contributed by atoms with E-state index in [0.29, 0.717) is 28.0 Å². The second-order valence-corrected chi connectivity index (χ2v) is 6.89. The zero-order valence-electron chi connectivity index (χ0n) is 15.7. The number of rotatable bonds is 3. The van der Waals surface area contributed by atoms with Crippen LogP contribution in [0.15, 0.2) is 60.2 Å². The van der Waals surface area contributed by atoms with E-state index in [1.165, 1.54) is 6.07 Å². The highest BCUT2D eigenvalue weighted by Gasteiger charge is 2.20. The first-order valence-electron chi connectivity index (χ1n) is 9.01. The van der Waals surface area contributed by atoms with Crippen molar-refractivity contribution >= 4 is 16.6 Å². The highest BCUT2D eigenvalue weighted by Crippen LogP contribution is 2.24. The Morgan fingerprint density at radius 3 is 2.79 bits per heavy atom. The molecule has 5 aromatic rings. The third-order valence-electron chi connectivity index (χ3n) is 4.97. The summed E-state index contributed by atoms with van der Waals surface area (Å²) in [5.41, 5.74) is 1.76. The summed E-state index contributed by atoms with van der Waals surface area (Å²) in [6.45, 7) is 1.82. The highest BCUT2D eigenvalue weighted by atomic mass is 19.1. The van der Waals surface area contributed by atoms with E-state index in [9.17, 15) is 9.18 Å². The van der Waals surface area contributed by atoms with Gasteiger partial charge in [-0.05, 0) is 31.2 Å². The summed E-state index contributed by atoms with van der Waals surface area (Å²) in [5.74, 6) is -0.0591. The first-order chi connectivity index (χ1) is 14.0. The summed E-state index contributed by atoms with van der Waals surface area (Å²) >= 11 is 0. The maximum Gasteiger partial charge on any atom is 0.260 e. The number of nitrogens with zero attached hydrogens (tertiary/aromatic N) is 7. The SMILES string of the molecule is C[C@@H](c1nnc2c(F)cc(-c3cn(C)cn3)cn12)n1ccc2ncccc2c1=O. The molecule has 0 saturated heterocycles. The van der Waals surface area contributed by atoms with Crippen molar-refractivity contribution < 1.29 is 4.39 Å². The molecule has 0 bridgehead atoms. The molecule has 144 valence electrons. The first-order valence-corrected chi connectivity index (χ1v) is 9.01. The molecule has 5 rings (SSSR count). The second kappa shape index (κ2) is 6.33. The predicted octanol–water partition coefficient (Wildman–Crippen LogP) is 2.59. The second-order valence-electron chi connectivity index (χ2n) is 6.89. The van der Waals surface area contributed by atoms with E-state index in [0.717, 1.165) is 0 Å². The quantitative estimate of drug-likeness (QED) is 0.474. The van der Waals surface area contributed by atoms with Crippen LogP contribution >= 0.6 is 0 Å². The molecule has 8 nitrogen and oxygen atoms in total. The van der Waals surface area contributed by atoms with Crippen molar-refractivity contribution in [3.8, 4) is 11.3 Å². The number of fused-ring (bicyclic) bond motifs is 2. The Kier molecular flexibility index (Phi) is 3.76. The molecular weight excluding hydrogens is 373 g/mol. The number of halogens is 1. The normalized spacial score (nSPS) is 12.7. The Morgan fingerprint density at radius 1 is 1.14 bits per heavy atom. The third kappa shape index (κ3) is 2.70. The van der Waals surface area contributed by atoms with Crippen molar-refractivity contribution in [3.05, 3.63) is 77.4 Å². The number of imidazole rings is 1. The molecule has 5 heterocycles. The predicted molar refractivity (Wildman–Crippen MR) is 105 cm³/mol. The monoisotopic (exact) mass is 389 g/mol. The molecular formula is C20H16FN7O. The van der Waals surface area contributed by atoms with Gasteiger partial charge in [0.25, 0.3) is 5.56 Å². The molecule has 0 aliphatic heterocycles. The van der Waals surface area contributed by atoms with Gasteiger partial charge in [0.15, 0.2) is 17.3 Å². The van der Waals surface area contributed by atoms with Gasteiger partial charge in [-0.25, -0.2) is 9.37 Å². The van der Waals surface area contributed by atoms with Crippen LogP contribution < -0.4 is 5.56 Å². The molecule has 0 fully saturated rings. The molecule has 0 amide bonds. The van der Waals surface area contributed by atoms with Gasteiger partial charge < -0.3 is 9.13 Å². The molecule has 0 aliphatic carbocycles. The number of hydrogen-bond acceptors (Lipinski definition) is 5. The molecule has 1 atom stereocenters. The van der Waals surface area contributed by atoms with Gasteiger partial charge in [0, 0.05) is 37.4 Å². The molecule has 0 radical (unpaired) electrons. The molecule has 0 N–H and O–H groups in total. The fraction of sp³-hybridized carbons (Fsp3) is 0.150. The van der Waals surface area contributed by atoms with E-state index in [1.54, 1.807) is 62.8 Å². The Bertz CT molecular complexity index is 1430. The van der Waals surface area contributed by atoms with Crippen molar-refractivity contribution in [3.63, 3.8) is 0 Å². The van der Waals surface area contributed by atoms with Crippen molar-refractivity contribution in [1.82, 2.24) is 33.7 Å². The van der Waals surface area contributed by atoms with Crippen molar-refractivity contribution in [2.24, 2.45) is 7.05 Å². The van der Waals surface area contributed by atoms with Gasteiger partial charge in [0.05, 0.1) is 29.0 Å². The van der Waals surface area contributed by atoms with E-state index >= 15 is 0 Å². The van der Waals surface area contributed by atoms with Crippen LogP contribution in [0.3, 0.4) is 0 Å². The van der Waals surface area contributed by atoms with E-state index in [1.807, 2.05) is 14.0 Å². The molecule has 0 unspecified atom stereocenters. The smallest absolute Gasteiger partial charge is 0.260 e. The maximum atomic E-state index is 14.7. The molecule has 5 aromatic heterocycles. The van der Waals surface area contributed by atoms with E-state index in [2.05, 4.69) is 20.2 Å². The van der Waals surface area contributed by atoms with Crippen molar-refractivity contribution in [2.45, 2.75) is 13.0 Å². The van der Waals surface area contributed by atoms with E-state index in [-0.39, 0.29) is 11.2 Å². The van der Waals surface area contributed by atoms with Crippen LogP contribution in [0.25, 0.3) is 27.8 Å². The maximum absolute atomic E-state index is 14.7. The van der Waals surface area contributed by atoms with Crippen LogP contribution in [0, 0.1) is 5.82 Å². The summed E-state index contributed by atoms with van der Waals surface area (Å²) in [6, 6.07) is 6.14. The third-order valence-corrected chi connectivity index (χ3v) is 4.97. The lowest BCUT2D eigenvalue weighted by molar-refractivity contribution is 0.575. The summed E-state index contributed by atoms with van der Waals surface area (Å²) in [7, 11) is 1.85. The average Bonchev–Trinajstić information content (AvgIpc) is 3.34. The Labute approximate surface area is 163 Å². The van der Waals surface area contributed by atoms with Crippen molar-refractivity contribution in [1.29, 1.82) is 0 Å². The number of pyridine rings is 3. The summed E-state index contributed by atoms with van der Waals surface area (Å²) in [5, 5.41) is 8.66. The van der Waals surface area contributed by atoms with Gasteiger partial charge in [-0.15, -0.1) is 10.2 Å². The van der Waals surface area contributed by atoms with Gasteiger partial charge in [0.1, 0.15) is 0 Å². The van der Waals surface area contributed by atoms with Crippen LogP contribution in [0.2, 0.25) is 0 Å². The molecule has 0 spiro atoms. The Hall–Kier alpha value is -3.88. The van der Waals surface area contributed by atoms with Crippen LogP contribution in [0.5, 0.6) is 0 Å². The Morgan fingerprint density at radius 2 is 2.00 bits per heavy atom. The number of hydrogen-bond donors (Lipinski definition) is 0. The fourth-order valence-electron chi connectivity index (χ4n) is 3.48. The van der Waals surface area contributed by atoms with Gasteiger partial charge in [-0.2, -0.15) is 0 Å². The summed E-state index contributed by atoms with van der Waals surface area (Å²) in [6.07, 6.45) is 8.50. The van der Waals surface area contributed by atoms with Crippen LogP contribution in [0.4, 0.5) is 4.39 Å².